The first kappa shape index (κ1) is 15.3. The lowest BCUT2D eigenvalue weighted by molar-refractivity contribution is -0.122. The molecule has 1 amide bonds. The second-order valence-electron chi connectivity index (χ2n) is 6.26. The van der Waals surface area contributed by atoms with Crippen LogP contribution < -0.4 is 5.43 Å². The average molecular weight is 308 g/mol. The van der Waals surface area contributed by atoms with Gasteiger partial charge in [0.25, 0.3) is 0 Å². The van der Waals surface area contributed by atoms with Crippen molar-refractivity contribution in [3.05, 3.63) is 65.7 Å². The van der Waals surface area contributed by atoms with Gasteiger partial charge in [-0.2, -0.15) is 5.10 Å². The highest BCUT2D eigenvalue weighted by Crippen LogP contribution is 2.53. The topological polar surface area (TPSA) is 61.7 Å². The molecule has 4 nitrogen and oxygen atoms in total. The summed E-state index contributed by atoms with van der Waals surface area (Å²) >= 11 is 0. The molecule has 2 aromatic rings. The minimum absolute atomic E-state index is 0.0405. The average Bonchev–Trinajstić information content (AvgIpc) is 3.27. The number of hydrogen-bond donors (Lipinski definition) is 2. The zero-order valence-corrected chi connectivity index (χ0v) is 13.3. The summed E-state index contributed by atoms with van der Waals surface area (Å²) in [5.41, 5.74) is 5.35. The molecule has 0 unspecified atom stereocenters. The lowest BCUT2D eigenvalue weighted by Crippen LogP contribution is -2.24. The zero-order valence-electron chi connectivity index (χ0n) is 13.3. The van der Waals surface area contributed by atoms with Crippen molar-refractivity contribution in [1.29, 1.82) is 0 Å². The highest BCUT2D eigenvalue weighted by molar-refractivity contribution is 5.99. The Balaban J connectivity index is 1.65. The number of carbonyl (C=O) groups excluding carboxylic acids is 1. The molecule has 0 aliphatic heterocycles. The van der Waals surface area contributed by atoms with Crippen LogP contribution in [0.5, 0.6) is 5.75 Å². The fourth-order valence-electron chi connectivity index (χ4n) is 2.87. The minimum Gasteiger partial charge on any atom is -0.508 e. The third-order valence-electron chi connectivity index (χ3n) is 4.61. The van der Waals surface area contributed by atoms with Gasteiger partial charge in [-0.15, -0.1) is 0 Å². The number of hydrogen-bond acceptors (Lipinski definition) is 3. The first-order chi connectivity index (χ1) is 11.0. The smallest absolute Gasteiger partial charge is 0.244 e. The summed E-state index contributed by atoms with van der Waals surface area (Å²) in [4.78, 5) is 12.3. The fourth-order valence-corrected chi connectivity index (χ4v) is 2.87. The first-order valence-electron chi connectivity index (χ1n) is 7.70. The minimum atomic E-state index is -0.0900. The Hall–Kier alpha value is -2.62. The Morgan fingerprint density at radius 2 is 1.83 bits per heavy atom. The van der Waals surface area contributed by atoms with Crippen molar-refractivity contribution in [2.24, 2.45) is 11.0 Å². The van der Waals surface area contributed by atoms with Gasteiger partial charge >= 0.3 is 0 Å². The van der Waals surface area contributed by atoms with Gasteiger partial charge in [-0.3, -0.25) is 4.79 Å². The van der Waals surface area contributed by atoms with E-state index in [0.717, 1.165) is 12.0 Å². The number of carbonyl (C=O) groups is 1. The second kappa shape index (κ2) is 5.88. The van der Waals surface area contributed by atoms with Crippen LogP contribution in [0.25, 0.3) is 0 Å². The Morgan fingerprint density at radius 3 is 2.48 bits per heavy atom. The molecule has 0 bridgehead atoms. The molecule has 0 aromatic heterocycles. The van der Waals surface area contributed by atoms with Crippen LogP contribution in [0.2, 0.25) is 0 Å². The number of phenols is 1. The van der Waals surface area contributed by atoms with Crippen LogP contribution in [0.3, 0.4) is 0 Å². The standard InChI is InChI=1S/C19H20N2O2/c1-13(14-8-10-16(22)11-9-14)20-21-18(23)17-12-19(17,2)15-6-4-3-5-7-15/h3-11,17,22H,12H2,1-2H3,(H,21,23)/b20-13+/t17-,19-/m0/s1. The highest BCUT2D eigenvalue weighted by atomic mass is 16.3. The van der Waals surface area contributed by atoms with Crippen molar-refractivity contribution in [2.75, 3.05) is 0 Å². The van der Waals surface area contributed by atoms with Crippen molar-refractivity contribution in [1.82, 2.24) is 5.43 Å². The van der Waals surface area contributed by atoms with E-state index in [9.17, 15) is 9.90 Å². The summed E-state index contributed by atoms with van der Waals surface area (Å²) in [5.74, 6) is 0.123. The summed E-state index contributed by atoms with van der Waals surface area (Å²) in [6, 6.07) is 16.9. The number of amides is 1. The Labute approximate surface area is 135 Å². The number of nitrogens with one attached hydrogen (secondary N) is 1. The molecule has 4 heteroatoms. The maximum atomic E-state index is 12.3. The van der Waals surface area contributed by atoms with Crippen LogP contribution in [0.15, 0.2) is 59.7 Å². The van der Waals surface area contributed by atoms with Gasteiger partial charge in [0, 0.05) is 5.41 Å². The van der Waals surface area contributed by atoms with Crippen molar-refractivity contribution in [2.45, 2.75) is 25.7 Å². The van der Waals surface area contributed by atoms with Crippen LogP contribution >= 0.6 is 0 Å². The fraction of sp³-hybridized carbons (Fsp3) is 0.263. The van der Waals surface area contributed by atoms with Crippen LogP contribution in [0.1, 0.15) is 31.4 Å². The molecule has 0 radical (unpaired) electrons. The molecule has 1 fully saturated rings. The van der Waals surface area contributed by atoms with Crippen LogP contribution in [0.4, 0.5) is 0 Å². The number of aromatic hydroxyl groups is 1. The lowest BCUT2D eigenvalue weighted by atomic mass is 9.95. The molecule has 23 heavy (non-hydrogen) atoms. The van der Waals surface area contributed by atoms with E-state index in [2.05, 4.69) is 29.6 Å². The summed E-state index contributed by atoms with van der Waals surface area (Å²) in [6.45, 7) is 3.94. The molecule has 3 rings (SSSR count). The number of phenolic OH excluding ortho intramolecular Hbond substituents is 1. The molecule has 0 heterocycles. The van der Waals surface area contributed by atoms with E-state index >= 15 is 0 Å². The van der Waals surface area contributed by atoms with Crippen molar-refractivity contribution >= 4 is 11.6 Å². The van der Waals surface area contributed by atoms with E-state index in [1.54, 1.807) is 24.3 Å². The van der Waals surface area contributed by atoms with Gasteiger partial charge in [-0.25, -0.2) is 5.43 Å². The van der Waals surface area contributed by atoms with E-state index in [0.29, 0.717) is 5.71 Å². The second-order valence-corrected chi connectivity index (χ2v) is 6.26. The Kier molecular flexibility index (Phi) is 3.90. The number of hydrazone groups is 1. The third-order valence-corrected chi connectivity index (χ3v) is 4.61. The van der Waals surface area contributed by atoms with Crippen LogP contribution in [-0.4, -0.2) is 16.7 Å². The number of benzene rings is 2. The summed E-state index contributed by atoms with van der Waals surface area (Å²) < 4.78 is 0. The van der Waals surface area contributed by atoms with Gasteiger partial charge in [0.1, 0.15) is 5.75 Å². The molecule has 0 saturated heterocycles. The number of rotatable bonds is 4. The quantitative estimate of drug-likeness (QED) is 0.673. The first-order valence-corrected chi connectivity index (χ1v) is 7.70. The Morgan fingerprint density at radius 1 is 1.17 bits per heavy atom. The third kappa shape index (κ3) is 3.11. The normalized spacial score (nSPS) is 23.4. The maximum Gasteiger partial charge on any atom is 0.244 e. The summed E-state index contributed by atoms with van der Waals surface area (Å²) in [6.07, 6.45) is 0.844. The highest BCUT2D eigenvalue weighted by Gasteiger charge is 2.55. The van der Waals surface area contributed by atoms with E-state index in [-0.39, 0.29) is 23.0 Å². The predicted octanol–water partition coefficient (Wildman–Crippen LogP) is 3.21. The van der Waals surface area contributed by atoms with Crippen molar-refractivity contribution in [3.8, 4) is 5.75 Å². The van der Waals surface area contributed by atoms with Gasteiger partial charge in [-0.1, -0.05) is 37.3 Å². The van der Waals surface area contributed by atoms with Gasteiger partial charge in [-0.05, 0) is 48.7 Å². The van der Waals surface area contributed by atoms with Crippen molar-refractivity contribution < 1.29 is 9.90 Å². The molecule has 1 aliphatic carbocycles. The van der Waals surface area contributed by atoms with Crippen molar-refractivity contribution in [3.63, 3.8) is 0 Å². The molecule has 2 atom stereocenters. The van der Waals surface area contributed by atoms with E-state index in [1.165, 1.54) is 5.56 Å². The van der Waals surface area contributed by atoms with Crippen LogP contribution in [0, 0.1) is 5.92 Å². The predicted molar refractivity (Wildman–Crippen MR) is 90.4 cm³/mol. The largest absolute Gasteiger partial charge is 0.508 e. The molecule has 1 aliphatic rings. The molecule has 1 saturated carbocycles. The monoisotopic (exact) mass is 308 g/mol. The summed E-state index contributed by atoms with van der Waals surface area (Å²) in [7, 11) is 0. The van der Waals surface area contributed by atoms with E-state index in [4.69, 9.17) is 0 Å². The lowest BCUT2D eigenvalue weighted by Gasteiger charge is -2.11. The number of nitrogens with zero attached hydrogens (tertiary/aromatic N) is 1. The molecule has 2 aromatic carbocycles. The van der Waals surface area contributed by atoms with E-state index < -0.39 is 0 Å². The maximum absolute atomic E-state index is 12.3. The van der Waals surface area contributed by atoms with Gasteiger partial charge in [0.2, 0.25) is 5.91 Å². The molecular weight excluding hydrogens is 288 g/mol. The summed E-state index contributed by atoms with van der Waals surface area (Å²) in [5, 5.41) is 13.5. The SMILES string of the molecule is C/C(=N\NC(=O)[C@@H]1C[C@@]1(C)c1ccccc1)c1ccc(O)cc1. The zero-order chi connectivity index (χ0) is 16.4. The molecule has 2 N–H and O–H groups in total. The molecular formula is C19H20N2O2. The van der Waals surface area contributed by atoms with Gasteiger partial charge in [0.15, 0.2) is 0 Å². The molecule has 0 spiro atoms. The van der Waals surface area contributed by atoms with Crippen LogP contribution in [-0.2, 0) is 10.2 Å². The van der Waals surface area contributed by atoms with E-state index in [1.807, 2.05) is 25.1 Å². The Bertz CT molecular complexity index is 738. The molecule has 118 valence electrons. The van der Waals surface area contributed by atoms with Gasteiger partial charge in [0.05, 0.1) is 11.6 Å². The van der Waals surface area contributed by atoms with Gasteiger partial charge < -0.3 is 5.11 Å².